The average Bonchev–Trinajstić information content (AvgIpc) is 2.44. The van der Waals surface area contributed by atoms with Gasteiger partial charge >= 0.3 is 0 Å². The topological polar surface area (TPSA) is 78.9 Å². The number of nitriles is 1. The second-order valence-corrected chi connectivity index (χ2v) is 4.90. The molecule has 2 aromatic rings. The highest BCUT2D eigenvalue weighted by molar-refractivity contribution is 6.39. The molecule has 0 saturated heterocycles. The molecule has 1 amide bonds. The Kier molecular flexibility index (Phi) is 4.32. The minimum Gasteiger partial charge on any atom is -0.396 e. The molecule has 0 aliphatic rings. The van der Waals surface area contributed by atoms with Crippen LogP contribution in [0, 0.1) is 17.1 Å². The van der Waals surface area contributed by atoms with Crippen LogP contribution in [0.15, 0.2) is 30.3 Å². The Morgan fingerprint density at radius 3 is 2.48 bits per heavy atom. The third kappa shape index (κ3) is 3.07. The second kappa shape index (κ2) is 6.00. The van der Waals surface area contributed by atoms with Gasteiger partial charge in [-0.15, -0.1) is 0 Å². The first-order chi connectivity index (χ1) is 9.93. The summed E-state index contributed by atoms with van der Waals surface area (Å²) < 4.78 is 13.5. The molecule has 106 valence electrons. The summed E-state index contributed by atoms with van der Waals surface area (Å²) in [6, 6.07) is 8.29. The lowest BCUT2D eigenvalue weighted by atomic mass is 10.1. The molecule has 7 heteroatoms. The van der Waals surface area contributed by atoms with Gasteiger partial charge in [0.2, 0.25) is 0 Å². The van der Waals surface area contributed by atoms with Gasteiger partial charge in [-0.1, -0.05) is 29.3 Å². The first-order valence-electron chi connectivity index (χ1n) is 5.68. The number of nitrogens with one attached hydrogen (secondary N) is 1. The molecule has 0 saturated carbocycles. The number of nitrogen functional groups attached to an aromatic ring is 1. The van der Waals surface area contributed by atoms with Crippen LogP contribution in [0.1, 0.15) is 15.9 Å². The number of carbonyl (C=O) groups is 1. The van der Waals surface area contributed by atoms with Crippen LogP contribution in [0.4, 0.5) is 15.8 Å². The molecular formula is C14H8Cl2FN3O. The maximum atomic E-state index is 13.5. The van der Waals surface area contributed by atoms with E-state index in [0.717, 1.165) is 6.07 Å². The number of anilines is 2. The van der Waals surface area contributed by atoms with E-state index >= 15 is 0 Å². The standard InChI is InChI=1S/C14H8Cl2FN3O/c15-9-4-7(5-10(16)13(9)19)14(21)20-12-3-1-2-11(17)8(12)6-18/h1-5H,19H2,(H,20,21). The van der Waals surface area contributed by atoms with Crippen LogP contribution in [0.3, 0.4) is 0 Å². The van der Waals surface area contributed by atoms with Crippen LogP contribution in [-0.4, -0.2) is 5.91 Å². The van der Waals surface area contributed by atoms with E-state index < -0.39 is 11.7 Å². The van der Waals surface area contributed by atoms with Gasteiger partial charge in [0.05, 0.1) is 21.4 Å². The second-order valence-electron chi connectivity index (χ2n) is 4.08. The molecule has 0 heterocycles. The molecule has 3 N–H and O–H groups in total. The van der Waals surface area contributed by atoms with Crippen LogP contribution in [0.25, 0.3) is 0 Å². The first-order valence-corrected chi connectivity index (χ1v) is 6.44. The van der Waals surface area contributed by atoms with Crippen molar-refractivity contribution in [3.8, 4) is 6.07 Å². The van der Waals surface area contributed by atoms with Crippen molar-refractivity contribution >= 4 is 40.5 Å². The van der Waals surface area contributed by atoms with Crippen LogP contribution >= 0.6 is 23.2 Å². The summed E-state index contributed by atoms with van der Waals surface area (Å²) in [6.07, 6.45) is 0. The van der Waals surface area contributed by atoms with Crippen molar-refractivity contribution in [1.29, 1.82) is 5.26 Å². The van der Waals surface area contributed by atoms with E-state index in [-0.39, 0.29) is 32.5 Å². The number of nitrogens with two attached hydrogens (primary N) is 1. The predicted octanol–water partition coefficient (Wildman–Crippen LogP) is 3.84. The Morgan fingerprint density at radius 2 is 1.90 bits per heavy atom. The Labute approximate surface area is 129 Å². The maximum absolute atomic E-state index is 13.5. The fourth-order valence-corrected chi connectivity index (χ4v) is 2.14. The lowest BCUT2D eigenvalue weighted by Gasteiger charge is -2.09. The molecule has 0 aliphatic carbocycles. The SMILES string of the molecule is N#Cc1c(F)cccc1NC(=O)c1cc(Cl)c(N)c(Cl)c1. The zero-order chi connectivity index (χ0) is 15.6. The van der Waals surface area contributed by atoms with Crippen LogP contribution in [0.5, 0.6) is 0 Å². The molecule has 2 aromatic carbocycles. The number of hydrogen-bond donors (Lipinski definition) is 2. The molecule has 0 fully saturated rings. The van der Waals surface area contributed by atoms with Gasteiger partial charge in [0, 0.05) is 5.56 Å². The number of benzene rings is 2. The molecule has 0 aromatic heterocycles. The zero-order valence-corrected chi connectivity index (χ0v) is 12.0. The summed E-state index contributed by atoms with van der Waals surface area (Å²) in [5.74, 6) is -1.30. The van der Waals surface area contributed by atoms with Crippen LogP contribution in [0.2, 0.25) is 10.0 Å². The highest BCUT2D eigenvalue weighted by Gasteiger charge is 2.14. The van der Waals surface area contributed by atoms with E-state index in [1.54, 1.807) is 6.07 Å². The minimum atomic E-state index is -0.719. The number of nitrogens with zero attached hydrogens (tertiary/aromatic N) is 1. The molecule has 4 nitrogen and oxygen atoms in total. The van der Waals surface area contributed by atoms with Crippen LogP contribution in [-0.2, 0) is 0 Å². The Hall–Kier alpha value is -2.29. The van der Waals surface area contributed by atoms with Gasteiger partial charge in [0.25, 0.3) is 5.91 Å². The highest BCUT2D eigenvalue weighted by Crippen LogP contribution is 2.29. The molecule has 0 unspecified atom stereocenters. The molecule has 0 atom stereocenters. The van der Waals surface area contributed by atoms with Crippen molar-refractivity contribution in [2.24, 2.45) is 0 Å². The monoisotopic (exact) mass is 323 g/mol. The van der Waals surface area contributed by atoms with E-state index in [9.17, 15) is 9.18 Å². The predicted molar refractivity (Wildman–Crippen MR) is 79.9 cm³/mol. The Balaban J connectivity index is 2.36. The van der Waals surface area contributed by atoms with Crippen LogP contribution < -0.4 is 11.1 Å². The summed E-state index contributed by atoms with van der Waals surface area (Å²) in [6.45, 7) is 0. The third-order valence-electron chi connectivity index (χ3n) is 2.71. The fourth-order valence-electron chi connectivity index (χ4n) is 1.65. The van der Waals surface area contributed by atoms with Crippen molar-refractivity contribution in [2.75, 3.05) is 11.1 Å². The van der Waals surface area contributed by atoms with E-state index in [0.29, 0.717) is 0 Å². The Morgan fingerprint density at radius 1 is 1.29 bits per heavy atom. The van der Waals surface area contributed by atoms with Crippen molar-refractivity contribution in [3.05, 3.63) is 57.3 Å². The lowest BCUT2D eigenvalue weighted by molar-refractivity contribution is 0.102. The molecule has 21 heavy (non-hydrogen) atoms. The summed E-state index contributed by atoms with van der Waals surface area (Å²) in [5.41, 5.74) is 5.70. The summed E-state index contributed by atoms with van der Waals surface area (Å²) in [5, 5.41) is 11.6. The van der Waals surface area contributed by atoms with Crippen molar-refractivity contribution < 1.29 is 9.18 Å². The average molecular weight is 324 g/mol. The normalized spacial score (nSPS) is 10.0. The van der Waals surface area contributed by atoms with Gasteiger partial charge in [0.15, 0.2) is 0 Å². The number of amides is 1. The smallest absolute Gasteiger partial charge is 0.255 e. The largest absolute Gasteiger partial charge is 0.396 e. The minimum absolute atomic E-state index is 0.0616. The lowest BCUT2D eigenvalue weighted by Crippen LogP contribution is -2.13. The quantitative estimate of drug-likeness (QED) is 0.824. The molecule has 0 spiro atoms. The first kappa shape index (κ1) is 15.1. The zero-order valence-electron chi connectivity index (χ0n) is 10.5. The van der Waals surface area contributed by atoms with Crippen molar-refractivity contribution in [3.63, 3.8) is 0 Å². The Bertz CT molecular complexity index is 748. The molecule has 0 radical (unpaired) electrons. The van der Waals surface area contributed by atoms with Gasteiger partial charge in [-0.25, -0.2) is 4.39 Å². The molecule has 2 rings (SSSR count). The van der Waals surface area contributed by atoms with Gasteiger partial charge in [-0.3, -0.25) is 4.79 Å². The van der Waals surface area contributed by atoms with E-state index in [1.807, 2.05) is 0 Å². The number of rotatable bonds is 2. The van der Waals surface area contributed by atoms with E-state index in [2.05, 4.69) is 5.32 Å². The fraction of sp³-hybridized carbons (Fsp3) is 0. The van der Waals surface area contributed by atoms with E-state index in [1.165, 1.54) is 24.3 Å². The van der Waals surface area contributed by atoms with E-state index in [4.69, 9.17) is 34.2 Å². The molecule has 0 aliphatic heterocycles. The highest BCUT2D eigenvalue weighted by atomic mass is 35.5. The molecular weight excluding hydrogens is 316 g/mol. The van der Waals surface area contributed by atoms with Gasteiger partial charge in [-0.2, -0.15) is 5.26 Å². The maximum Gasteiger partial charge on any atom is 0.255 e. The summed E-state index contributed by atoms with van der Waals surface area (Å²) >= 11 is 11.7. The number of halogens is 3. The number of carbonyl (C=O) groups excluding carboxylic acids is 1. The van der Waals surface area contributed by atoms with Crippen molar-refractivity contribution in [2.45, 2.75) is 0 Å². The number of hydrogen-bond acceptors (Lipinski definition) is 3. The summed E-state index contributed by atoms with van der Waals surface area (Å²) in [7, 11) is 0. The van der Waals surface area contributed by atoms with Gasteiger partial charge in [0.1, 0.15) is 17.4 Å². The van der Waals surface area contributed by atoms with Gasteiger partial charge < -0.3 is 11.1 Å². The third-order valence-corrected chi connectivity index (χ3v) is 3.34. The molecule has 0 bridgehead atoms. The van der Waals surface area contributed by atoms with Gasteiger partial charge in [-0.05, 0) is 24.3 Å². The van der Waals surface area contributed by atoms with Crippen molar-refractivity contribution in [1.82, 2.24) is 0 Å². The summed E-state index contributed by atoms with van der Waals surface area (Å²) in [4.78, 5) is 12.1.